The molecule has 0 aliphatic carbocycles. The highest BCUT2D eigenvalue weighted by molar-refractivity contribution is 7.98. The lowest BCUT2D eigenvalue weighted by Crippen LogP contribution is -2.47. The number of unbranched alkanes of at least 4 members (excludes halogenated alkanes) is 1. The normalized spacial score (nSPS) is 11.9. The summed E-state index contributed by atoms with van der Waals surface area (Å²) in [5.74, 6) is -0.257. The average Bonchev–Trinajstić information content (AvgIpc) is 2.30. The number of nitrogens with one attached hydrogen (secondary N) is 1. The van der Waals surface area contributed by atoms with E-state index in [2.05, 4.69) is 5.32 Å². The van der Waals surface area contributed by atoms with E-state index in [1.54, 1.807) is 18.8 Å². The standard InChI is InChI=1S/C11H22N2O3S/c1-4-5-7-13(2)11(16)12-9(10(14)15)6-8-17-3/h9H,4-8H2,1-3H3,(H,12,16)(H,14,15)/t9-/m1/s1. The molecule has 2 N–H and O–H groups in total. The number of carboxylic acids is 1. The van der Waals surface area contributed by atoms with Gasteiger partial charge >= 0.3 is 12.0 Å². The van der Waals surface area contributed by atoms with Crippen LogP contribution in [0, 0.1) is 0 Å². The van der Waals surface area contributed by atoms with Gasteiger partial charge in [-0.2, -0.15) is 11.8 Å². The number of rotatable bonds is 8. The van der Waals surface area contributed by atoms with Gasteiger partial charge in [0.05, 0.1) is 0 Å². The topological polar surface area (TPSA) is 69.6 Å². The van der Waals surface area contributed by atoms with Crippen LogP contribution in [0.25, 0.3) is 0 Å². The molecule has 2 amide bonds. The van der Waals surface area contributed by atoms with E-state index in [1.807, 2.05) is 13.2 Å². The molecular formula is C11H22N2O3S. The average molecular weight is 262 g/mol. The van der Waals surface area contributed by atoms with E-state index in [1.165, 1.54) is 4.90 Å². The van der Waals surface area contributed by atoms with Gasteiger partial charge in [0.1, 0.15) is 6.04 Å². The molecule has 0 bridgehead atoms. The van der Waals surface area contributed by atoms with Crippen molar-refractivity contribution in [3.05, 3.63) is 0 Å². The van der Waals surface area contributed by atoms with Crippen LogP contribution in [-0.4, -0.2) is 53.6 Å². The van der Waals surface area contributed by atoms with Crippen molar-refractivity contribution in [2.75, 3.05) is 25.6 Å². The second-order valence-corrected chi connectivity index (χ2v) is 4.88. The largest absolute Gasteiger partial charge is 0.480 e. The summed E-state index contributed by atoms with van der Waals surface area (Å²) >= 11 is 1.57. The molecule has 0 heterocycles. The van der Waals surface area contributed by atoms with Crippen molar-refractivity contribution in [2.45, 2.75) is 32.2 Å². The van der Waals surface area contributed by atoms with E-state index in [0.29, 0.717) is 13.0 Å². The van der Waals surface area contributed by atoms with E-state index in [0.717, 1.165) is 18.6 Å². The Labute approximate surface area is 107 Å². The third-order valence-electron chi connectivity index (χ3n) is 2.40. The van der Waals surface area contributed by atoms with Crippen LogP contribution in [0.1, 0.15) is 26.2 Å². The van der Waals surface area contributed by atoms with E-state index in [-0.39, 0.29) is 6.03 Å². The molecule has 1 atom stereocenters. The minimum atomic E-state index is -0.976. The highest BCUT2D eigenvalue weighted by Gasteiger charge is 2.20. The fourth-order valence-electron chi connectivity index (χ4n) is 1.25. The summed E-state index contributed by atoms with van der Waals surface area (Å²) in [7, 11) is 1.68. The monoisotopic (exact) mass is 262 g/mol. The predicted octanol–water partition coefficient (Wildman–Crippen LogP) is 1.63. The molecule has 0 saturated carbocycles. The van der Waals surface area contributed by atoms with Gasteiger partial charge in [-0.3, -0.25) is 0 Å². The van der Waals surface area contributed by atoms with Crippen LogP contribution in [0.3, 0.4) is 0 Å². The van der Waals surface area contributed by atoms with Gasteiger partial charge in [-0.1, -0.05) is 13.3 Å². The third kappa shape index (κ3) is 7.10. The molecule has 100 valence electrons. The number of carbonyl (C=O) groups is 2. The maximum Gasteiger partial charge on any atom is 0.326 e. The molecule has 0 radical (unpaired) electrons. The molecule has 6 heteroatoms. The van der Waals surface area contributed by atoms with Crippen molar-refractivity contribution in [2.24, 2.45) is 0 Å². The zero-order chi connectivity index (χ0) is 13.3. The molecule has 0 unspecified atom stereocenters. The van der Waals surface area contributed by atoms with Crippen molar-refractivity contribution in [1.82, 2.24) is 10.2 Å². The van der Waals surface area contributed by atoms with Crippen LogP contribution >= 0.6 is 11.8 Å². The first-order valence-corrected chi connectivity index (χ1v) is 7.15. The molecule has 0 aromatic carbocycles. The zero-order valence-corrected chi connectivity index (χ0v) is 11.5. The van der Waals surface area contributed by atoms with Gasteiger partial charge in [0.2, 0.25) is 0 Å². The van der Waals surface area contributed by atoms with E-state index >= 15 is 0 Å². The summed E-state index contributed by atoms with van der Waals surface area (Å²) in [5, 5.41) is 11.5. The van der Waals surface area contributed by atoms with Gasteiger partial charge in [0.15, 0.2) is 0 Å². The smallest absolute Gasteiger partial charge is 0.326 e. The molecule has 0 aromatic heterocycles. The Hall–Kier alpha value is -0.910. The fourth-order valence-corrected chi connectivity index (χ4v) is 1.72. The van der Waals surface area contributed by atoms with Crippen molar-refractivity contribution in [3.8, 4) is 0 Å². The molecule has 5 nitrogen and oxygen atoms in total. The van der Waals surface area contributed by atoms with Crippen molar-refractivity contribution in [3.63, 3.8) is 0 Å². The van der Waals surface area contributed by atoms with Crippen LogP contribution < -0.4 is 5.32 Å². The molecular weight excluding hydrogens is 240 g/mol. The quantitative estimate of drug-likeness (QED) is 0.697. The number of aliphatic carboxylic acids is 1. The van der Waals surface area contributed by atoms with Gasteiger partial charge in [-0.25, -0.2) is 9.59 Å². The summed E-state index contributed by atoms with van der Waals surface area (Å²) in [6.45, 7) is 2.70. The number of hydrogen-bond acceptors (Lipinski definition) is 3. The zero-order valence-electron chi connectivity index (χ0n) is 10.7. The molecule has 0 fully saturated rings. The van der Waals surface area contributed by atoms with E-state index in [4.69, 9.17) is 5.11 Å². The predicted molar refractivity (Wildman–Crippen MR) is 70.5 cm³/mol. The first kappa shape index (κ1) is 16.1. The van der Waals surface area contributed by atoms with Crippen LogP contribution in [0.15, 0.2) is 0 Å². The van der Waals surface area contributed by atoms with Crippen molar-refractivity contribution < 1.29 is 14.7 Å². The Morgan fingerprint density at radius 1 is 1.47 bits per heavy atom. The number of carboxylic acid groups (broad SMARTS) is 1. The third-order valence-corrected chi connectivity index (χ3v) is 3.04. The van der Waals surface area contributed by atoms with Crippen molar-refractivity contribution >= 4 is 23.8 Å². The lowest BCUT2D eigenvalue weighted by molar-refractivity contribution is -0.139. The van der Waals surface area contributed by atoms with Gasteiger partial charge < -0.3 is 15.3 Å². The second-order valence-electron chi connectivity index (χ2n) is 3.90. The number of amides is 2. The van der Waals surface area contributed by atoms with Crippen LogP contribution in [-0.2, 0) is 4.79 Å². The van der Waals surface area contributed by atoms with Crippen LogP contribution in [0.2, 0.25) is 0 Å². The Morgan fingerprint density at radius 3 is 2.59 bits per heavy atom. The summed E-state index contributed by atoms with van der Waals surface area (Å²) < 4.78 is 0. The summed E-state index contributed by atoms with van der Waals surface area (Å²) in [4.78, 5) is 24.1. The first-order valence-electron chi connectivity index (χ1n) is 5.76. The minimum Gasteiger partial charge on any atom is -0.480 e. The Bertz CT molecular complexity index is 249. The molecule has 0 aliphatic heterocycles. The maximum absolute atomic E-state index is 11.7. The molecule has 0 aromatic rings. The van der Waals surface area contributed by atoms with Gasteiger partial charge in [-0.15, -0.1) is 0 Å². The molecule has 0 spiro atoms. The van der Waals surface area contributed by atoms with Crippen LogP contribution in [0.5, 0.6) is 0 Å². The maximum atomic E-state index is 11.7. The number of thioether (sulfide) groups is 1. The second kappa shape index (κ2) is 9.15. The fraction of sp³-hybridized carbons (Fsp3) is 0.818. The van der Waals surface area contributed by atoms with E-state index < -0.39 is 12.0 Å². The number of carbonyl (C=O) groups excluding carboxylic acids is 1. The van der Waals surface area contributed by atoms with E-state index in [9.17, 15) is 9.59 Å². The Morgan fingerprint density at radius 2 is 2.12 bits per heavy atom. The first-order chi connectivity index (χ1) is 8.02. The number of nitrogens with zero attached hydrogens (tertiary/aromatic N) is 1. The van der Waals surface area contributed by atoms with Gasteiger partial charge in [-0.05, 0) is 24.9 Å². The highest BCUT2D eigenvalue weighted by Crippen LogP contribution is 2.02. The van der Waals surface area contributed by atoms with Gasteiger partial charge in [0, 0.05) is 13.6 Å². The number of urea groups is 1. The number of hydrogen-bond donors (Lipinski definition) is 2. The summed E-state index contributed by atoms with van der Waals surface area (Å²) in [5.41, 5.74) is 0. The molecule has 0 saturated heterocycles. The SMILES string of the molecule is CCCCN(C)C(=O)N[C@H](CCSC)C(=O)O. The minimum absolute atomic E-state index is 0.313. The Balaban J connectivity index is 4.15. The molecule has 17 heavy (non-hydrogen) atoms. The Kier molecular flexibility index (Phi) is 8.66. The lowest BCUT2D eigenvalue weighted by Gasteiger charge is -2.21. The van der Waals surface area contributed by atoms with Crippen LogP contribution in [0.4, 0.5) is 4.79 Å². The molecule has 0 rings (SSSR count). The van der Waals surface area contributed by atoms with Gasteiger partial charge in [0.25, 0.3) is 0 Å². The summed E-state index contributed by atoms with van der Waals surface area (Å²) in [6, 6.07) is -1.11. The summed E-state index contributed by atoms with van der Waals surface area (Å²) in [6.07, 6.45) is 4.29. The highest BCUT2D eigenvalue weighted by atomic mass is 32.2. The lowest BCUT2D eigenvalue weighted by atomic mass is 10.2. The molecule has 0 aliphatic rings. The van der Waals surface area contributed by atoms with Crippen molar-refractivity contribution in [1.29, 1.82) is 0 Å².